The third-order valence-electron chi connectivity index (χ3n) is 3.42. The van der Waals surface area contributed by atoms with Crippen molar-refractivity contribution < 1.29 is 0 Å². The zero-order valence-electron chi connectivity index (χ0n) is 10.8. The minimum absolute atomic E-state index is 0.335. The highest BCUT2D eigenvalue weighted by Gasteiger charge is 2.23. The number of aromatic amines is 1. The molecule has 19 heavy (non-hydrogen) atoms. The summed E-state index contributed by atoms with van der Waals surface area (Å²) in [6, 6.07) is 0. The molecule has 0 unspecified atom stereocenters. The Balaban J connectivity index is 1.54. The van der Waals surface area contributed by atoms with Gasteiger partial charge in [-0.3, -0.25) is 10.00 Å². The second-order valence-corrected chi connectivity index (χ2v) is 6.11. The number of nitrogen functional groups attached to an aromatic ring is 1. The Kier molecular flexibility index (Phi) is 3.43. The zero-order chi connectivity index (χ0) is 13.2. The molecule has 2 aromatic heterocycles. The van der Waals surface area contributed by atoms with Crippen LogP contribution in [0, 0.1) is 6.92 Å². The van der Waals surface area contributed by atoms with E-state index in [4.69, 9.17) is 5.73 Å². The lowest BCUT2D eigenvalue weighted by Crippen LogP contribution is -2.32. The Bertz CT molecular complexity index is 541. The van der Waals surface area contributed by atoms with Crippen LogP contribution in [-0.4, -0.2) is 43.4 Å². The van der Waals surface area contributed by atoms with Gasteiger partial charge in [-0.05, 0) is 32.9 Å². The Morgan fingerprint density at radius 1 is 1.37 bits per heavy atom. The molecular formula is C11H17N7S. The van der Waals surface area contributed by atoms with Crippen molar-refractivity contribution in [1.82, 2.24) is 30.3 Å². The van der Waals surface area contributed by atoms with Gasteiger partial charge in [-0.2, -0.15) is 4.98 Å². The number of H-pyrrole nitrogens is 1. The SMILES string of the molecule is Cc1nnc(CN2CCC(c3nc(N)n[nH]3)CC2)s1. The molecule has 2 aromatic rings. The van der Waals surface area contributed by atoms with Crippen molar-refractivity contribution >= 4 is 17.3 Å². The van der Waals surface area contributed by atoms with E-state index in [1.54, 1.807) is 11.3 Å². The van der Waals surface area contributed by atoms with E-state index in [2.05, 4.69) is 30.3 Å². The van der Waals surface area contributed by atoms with E-state index in [0.29, 0.717) is 11.9 Å². The van der Waals surface area contributed by atoms with Gasteiger partial charge < -0.3 is 5.73 Å². The van der Waals surface area contributed by atoms with E-state index < -0.39 is 0 Å². The van der Waals surface area contributed by atoms with Crippen LogP contribution in [0.1, 0.15) is 34.6 Å². The maximum absolute atomic E-state index is 5.54. The number of nitrogens with two attached hydrogens (primary N) is 1. The quantitative estimate of drug-likeness (QED) is 0.867. The van der Waals surface area contributed by atoms with Crippen LogP contribution >= 0.6 is 11.3 Å². The van der Waals surface area contributed by atoms with Crippen LogP contribution in [0.4, 0.5) is 5.95 Å². The average molecular weight is 279 g/mol. The Hall–Kier alpha value is -1.54. The molecule has 1 fully saturated rings. The number of aromatic nitrogens is 5. The molecule has 0 spiro atoms. The number of likely N-dealkylation sites (tertiary alicyclic amines) is 1. The minimum Gasteiger partial charge on any atom is -0.367 e. The van der Waals surface area contributed by atoms with Crippen LogP contribution in [-0.2, 0) is 6.54 Å². The van der Waals surface area contributed by atoms with E-state index in [9.17, 15) is 0 Å². The van der Waals surface area contributed by atoms with Crippen molar-refractivity contribution in [2.45, 2.75) is 32.2 Å². The average Bonchev–Trinajstić information content (AvgIpc) is 3.00. The molecule has 3 heterocycles. The molecule has 0 radical (unpaired) electrons. The van der Waals surface area contributed by atoms with Gasteiger partial charge in [-0.25, -0.2) is 0 Å². The number of anilines is 1. The maximum atomic E-state index is 5.54. The first-order valence-corrected chi connectivity index (χ1v) is 7.21. The molecule has 7 nitrogen and oxygen atoms in total. The predicted octanol–water partition coefficient (Wildman–Crippen LogP) is 0.926. The van der Waals surface area contributed by atoms with Crippen molar-refractivity contribution in [3.63, 3.8) is 0 Å². The normalized spacial score (nSPS) is 17.9. The van der Waals surface area contributed by atoms with Crippen LogP contribution in [0.15, 0.2) is 0 Å². The standard InChI is InChI=1S/C11H17N7S/c1-7-14-15-9(19-7)6-18-4-2-8(3-5-18)10-13-11(12)17-16-10/h8H,2-6H2,1H3,(H3,12,13,16,17). The number of aryl methyl sites for hydroxylation is 1. The Morgan fingerprint density at radius 2 is 2.16 bits per heavy atom. The lowest BCUT2D eigenvalue weighted by molar-refractivity contribution is 0.201. The smallest absolute Gasteiger partial charge is 0.239 e. The summed E-state index contributed by atoms with van der Waals surface area (Å²) in [7, 11) is 0. The third-order valence-corrected chi connectivity index (χ3v) is 4.24. The molecule has 0 amide bonds. The molecule has 0 bridgehead atoms. The third kappa shape index (κ3) is 2.90. The number of hydrogen-bond donors (Lipinski definition) is 2. The molecule has 102 valence electrons. The van der Waals surface area contributed by atoms with Crippen molar-refractivity contribution in [3.8, 4) is 0 Å². The molecule has 8 heteroatoms. The van der Waals surface area contributed by atoms with E-state index in [1.807, 2.05) is 6.92 Å². The van der Waals surface area contributed by atoms with Gasteiger partial charge in [-0.15, -0.1) is 26.6 Å². The van der Waals surface area contributed by atoms with Crippen molar-refractivity contribution in [3.05, 3.63) is 15.8 Å². The number of nitrogens with one attached hydrogen (secondary N) is 1. The molecule has 0 aliphatic carbocycles. The molecule has 1 aliphatic heterocycles. The highest BCUT2D eigenvalue weighted by molar-refractivity contribution is 7.11. The van der Waals surface area contributed by atoms with Crippen LogP contribution in [0.5, 0.6) is 0 Å². The molecular weight excluding hydrogens is 262 g/mol. The second kappa shape index (κ2) is 5.22. The summed E-state index contributed by atoms with van der Waals surface area (Å²) in [5, 5.41) is 17.2. The molecule has 3 rings (SSSR count). The lowest BCUT2D eigenvalue weighted by atomic mass is 9.96. The van der Waals surface area contributed by atoms with Gasteiger partial charge >= 0.3 is 0 Å². The van der Waals surface area contributed by atoms with Gasteiger partial charge in [0.05, 0.1) is 6.54 Å². The number of rotatable bonds is 3. The first kappa shape index (κ1) is 12.5. The summed E-state index contributed by atoms with van der Waals surface area (Å²) in [5.41, 5.74) is 5.54. The lowest BCUT2D eigenvalue weighted by Gasteiger charge is -2.29. The topological polar surface area (TPSA) is 96.6 Å². The van der Waals surface area contributed by atoms with Crippen LogP contribution < -0.4 is 5.73 Å². The minimum atomic E-state index is 0.335. The molecule has 0 aromatic carbocycles. The highest BCUT2D eigenvalue weighted by atomic mass is 32.1. The molecule has 1 aliphatic rings. The van der Waals surface area contributed by atoms with E-state index >= 15 is 0 Å². The summed E-state index contributed by atoms with van der Waals surface area (Å²) >= 11 is 1.67. The van der Waals surface area contributed by atoms with Crippen LogP contribution in [0.3, 0.4) is 0 Å². The summed E-state index contributed by atoms with van der Waals surface area (Å²) < 4.78 is 0. The fourth-order valence-corrected chi connectivity index (χ4v) is 3.18. The zero-order valence-corrected chi connectivity index (χ0v) is 11.7. The van der Waals surface area contributed by atoms with Crippen LogP contribution in [0.25, 0.3) is 0 Å². The van der Waals surface area contributed by atoms with E-state index in [0.717, 1.165) is 48.3 Å². The predicted molar refractivity (Wildman–Crippen MR) is 72.7 cm³/mol. The van der Waals surface area contributed by atoms with Gasteiger partial charge in [0.1, 0.15) is 15.8 Å². The largest absolute Gasteiger partial charge is 0.367 e. The van der Waals surface area contributed by atoms with Gasteiger partial charge in [0.15, 0.2) is 0 Å². The van der Waals surface area contributed by atoms with Crippen LogP contribution in [0.2, 0.25) is 0 Å². The fraction of sp³-hybridized carbons (Fsp3) is 0.636. The Morgan fingerprint density at radius 3 is 2.74 bits per heavy atom. The number of piperidine rings is 1. The molecule has 0 saturated carbocycles. The highest BCUT2D eigenvalue weighted by Crippen LogP contribution is 2.26. The monoisotopic (exact) mass is 279 g/mol. The van der Waals surface area contributed by atoms with Gasteiger partial charge in [0.2, 0.25) is 5.95 Å². The number of nitrogens with zero attached hydrogens (tertiary/aromatic N) is 5. The van der Waals surface area contributed by atoms with Gasteiger partial charge in [0, 0.05) is 5.92 Å². The summed E-state index contributed by atoms with van der Waals surface area (Å²) in [5.74, 6) is 1.70. The van der Waals surface area contributed by atoms with Crippen molar-refractivity contribution in [2.24, 2.45) is 0 Å². The first-order valence-electron chi connectivity index (χ1n) is 6.40. The Labute approximate surface area is 115 Å². The first-order chi connectivity index (χ1) is 9.20. The molecule has 3 N–H and O–H groups in total. The van der Waals surface area contributed by atoms with Crippen molar-refractivity contribution in [1.29, 1.82) is 0 Å². The molecule has 1 saturated heterocycles. The maximum Gasteiger partial charge on any atom is 0.239 e. The summed E-state index contributed by atoms with van der Waals surface area (Å²) in [6.07, 6.45) is 2.15. The molecule has 0 atom stereocenters. The van der Waals surface area contributed by atoms with E-state index in [1.165, 1.54) is 0 Å². The fourth-order valence-electron chi connectivity index (χ4n) is 2.43. The number of hydrogen-bond acceptors (Lipinski definition) is 7. The van der Waals surface area contributed by atoms with Gasteiger partial charge in [-0.1, -0.05) is 0 Å². The summed E-state index contributed by atoms with van der Waals surface area (Å²) in [6.45, 7) is 4.98. The van der Waals surface area contributed by atoms with E-state index in [-0.39, 0.29) is 0 Å². The van der Waals surface area contributed by atoms with Gasteiger partial charge in [0.25, 0.3) is 0 Å². The second-order valence-electron chi connectivity index (χ2n) is 4.84. The summed E-state index contributed by atoms with van der Waals surface area (Å²) in [4.78, 5) is 6.63. The van der Waals surface area contributed by atoms with Crippen molar-refractivity contribution in [2.75, 3.05) is 18.8 Å².